The van der Waals surface area contributed by atoms with Crippen molar-refractivity contribution in [3.8, 4) is 0 Å². The van der Waals surface area contributed by atoms with Crippen LogP contribution in [0.5, 0.6) is 0 Å². The Hall–Kier alpha value is -4.42. The van der Waals surface area contributed by atoms with Crippen LogP contribution in [0, 0.1) is 5.41 Å². The number of ketones is 1. The molecule has 5 N–H and O–H groups in total. The first-order chi connectivity index (χ1) is 23.3. The molecule has 49 heavy (non-hydrogen) atoms. The molecule has 2 aromatic rings. The van der Waals surface area contributed by atoms with Crippen molar-refractivity contribution < 1.29 is 28.8 Å². The molecule has 0 radical (unpaired) electrons. The second-order valence-corrected chi connectivity index (χ2v) is 14.5. The Bertz CT molecular complexity index is 1610. The zero-order valence-corrected chi connectivity index (χ0v) is 29.1. The van der Waals surface area contributed by atoms with Crippen LogP contribution in [-0.4, -0.2) is 70.7 Å². The molecule has 12 nitrogen and oxygen atoms in total. The van der Waals surface area contributed by atoms with Crippen LogP contribution in [0.1, 0.15) is 70.9 Å². The van der Waals surface area contributed by atoms with E-state index in [9.17, 15) is 24.0 Å². The molecular formula is C36H45ClN6O6. The van der Waals surface area contributed by atoms with E-state index in [1.54, 1.807) is 18.2 Å². The van der Waals surface area contributed by atoms with E-state index in [4.69, 9.17) is 16.4 Å². The van der Waals surface area contributed by atoms with Crippen LogP contribution in [0.15, 0.2) is 60.7 Å². The van der Waals surface area contributed by atoms with Gasteiger partial charge in [-0.25, -0.2) is 4.79 Å². The minimum atomic E-state index is -1.11. The molecule has 2 aliphatic heterocycles. The predicted molar refractivity (Wildman–Crippen MR) is 185 cm³/mol. The lowest BCUT2D eigenvalue weighted by Crippen LogP contribution is -2.60. The highest BCUT2D eigenvalue weighted by atomic mass is 35.5. The normalized spacial score (nSPS) is 21.3. The standard InChI is InChI=1S/C36H45ClN6O6/c1-5-10-26(29(44)32(46)39-25-15-16-25)40-31(45)28-19-36(18-27(42-49-36)23-13-9-14-24(37)17-23)21-43(28)33(47)30(35(2,3)4)41-34(48)38-20-22-11-7-6-8-12-22/h6-9,11-14,17-18,25-26,28,30,42H,5,10,15-16,19-21H2,1-4H3,(H,39,46)(H,40,45)(H2,38,41,48)/t26-,28-,30+,36+/m0/s1. The molecule has 0 bridgehead atoms. The molecule has 5 amide bonds. The Morgan fingerprint density at radius 1 is 1.04 bits per heavy atom. The SMILES string of the molecule is CCC[C@H](NC(=O)[C@@H]1C[C@]2(C=C(c3cccc(Cl)c3)NO2)CN1C(=O)[C@@H](NC(=O)NCc1ccccc1)C(C)(C)C)C(=O)C(=O)NC1CC1. The summed E-state index contributed by atoms with van der Waals surface area (Å²) in [4.78, 5) is 75.0. The second-order valence-electron chi connectivity index (χ2n) is 14.1. The molecule has 3 aliphatic rings. The van der Waals surface area contributed by atoms with Crippen LogP contribution < -0.4 is 26.7 Å². The summed E-state index contributed by atoms with van der Waals surface area (Å²) in [6.07, 6.45) is 4.31. The third-order valence-corrected chi connectivity index (χ3v) is 9.11. The van der Waals surface area contributed by atoms with Gasteiger partial charge in [-0.15, -0.1) is 0 Å². The molecule has 1 saturated carbocycles. The average Bonchev–Trinajstić information content (AvgIpc) is 3.66. The summed E-state index contributed by atoms with van der Waals surface area (Å²) >= 11 is 6.24. The number of rotatable bonds is 12. The van der Waals surface area contributed by atoms with E-state index >= 15 is 0 Å². The average molecular weight is 693 g/mol. The second kappa shape index (κ2) is 15.0. The van der Waals surface area contributed by atoms with E-state index in [1.165, 1.54) is 4.90 Å². The summed E-state index contributed by atoms with van der Waals surface area (Å²) in [5.41, 5.74) is 3.35. The Morgan fingerprint density at radius 2 is 1.78 bits per heavy atom. The minimum Gasteiger partial charge on any atom is -0.347 e. The monoisotopic (exact) mass is 692 g/mol. The van der Waals surface area contributed by atoms with Gasteiger partial charge in [-0.05, 0) is 48.4 Å². The number of carbonyl (C=O) groups excluding carboxylic acids is 5. The molecule has 1 spiro atoms. The van der Waals surface area contributed by atoms with Gasteiger partial charge in [0.1, 0.15) is 17.7 Å². The smallest absolute Gasteiger partial charge is 0.315 e. The molecule has 2 heterocycles. The summed E-state index contributed by atoms with van der Waals surface area (Å²) in [7, 11) is 0. The maximum Gasteiger partial charge on any atom is 0.315 e. The number of nitrogens with zero attached hydrogens (tertiary/aromatic N) is 1. The Kier molecular flexibility index (Phi) is 11.0. The highest BCUT2D eigenvalue weighted by Gasteiger charge is 2.54. The summed E-state index contributed by atoms with van der Waals surface area (Å²) in [5.74, 6) is -2.53. The third-order valence-electron chi connectivity index (χ3n) is 8.88. The van der Waals surface area contributed by atoms with Gasteiger partial charge in [0, 0.05) is 29.6 Å². The van der Waals surface area contributed by atoms with Crippen LogP contribution in [0.4, 0.5) is 4.79 Å². The highest BCUT2D eigenvalue weighted by Crippen LogP contribution is 2.39. The lowest BCUT2D eigenvalue weighted by Gasteiger charge is -2.35. The number of Topliss-reactive ketones (excluding diaryl/α,β-unsaturated/α-hetero) is 1. The summed E-state index contributed by atoms with van der Waals surface area (Å²) in [6, 6.07) is 12.8. The quantitative estimate of drug-likeness (QED) is 0.213. The fraction of sp³-hybridized carbons (Fsp3) is 0.472. The van der Waals surface area contributed by atoms with Crippen LogP contribution in [-0.2, 0) is 30.6 Å². The van der Waals surface area contributed by atoms with Crippen molar-refractivity contribution in [1.29, 1.82) is 0 Å². The molecule has 13 heteroatoms. The number of halogens is 1. The number of benzene rings is 2. The summed E-state index contributed by atoms with van der Waals surface area (Å²) in [6.45, 7) is 7.57. The van der Waals surface area contributed by atoms with E-state index in [1.807, 2.05) is 70.2 Å². The van der Waals surface area contributed by atoms with Crippen LogP contribution in [0.2, 0.25) is 5.02 Å². The molecule has 0 aromatic heterocycles. The van der Waals surface area contributed by atoms with Crippen molar-refractivity contribution in [2.45, 2.75) is 96.1 Å². The maximum atomic E-state index is 14.5. The summed E-state index contributed by atoms with van der Waals surface area (Å²) < 4.78 is 0. The first-order valence-electron chi connectivity index (χ1n) is 16.8. The Morgan fingerprint density at radius 3 is 2.43 bits per heavy atom. The Labute approximate surface area is 291 Å². The lowest BCUT2D eigenvalue weighted by molar-refractivity contribution is -0.144. The molecule has 1 saturated heterocycles. The van der Waals surface area contributed by atoms with Gasteiger partial charge in [0.05, 0.1) is 18.3 Å². The van der Waals surface area contributed by atoms with Crippen molar-refractivity contribution in [2.24, 2.45) is 5.41 Å². The number of likely N-dealkylation sites (tertiary alicyclic amines) is 1. The van der Waals surface area contributed by atoms with Gasteiger partial charge in [-0.1, -0.05) is 88.2 Å². The fourth-order valence-corrected chi connectivity index (χ4v) is 6.25. The highest BCUT2D eigenvalue weighted by molar-refractivity contribution is 6.38. The number of hydrogen-bond acceptors (Lipinski definition) is 7. The van der Waals surface area contributed by atoms with E-state index in [0.29, 0.717) is 17.1 Å². The molecule has 262 valence electrons. The number of carbonyl (C=O) groups is 5. The van der Waals surface area contributed by atoms with Crippen molar-refractivity contribution in [1.82, 2.24) is 31.6 Å². The molecule has 0 unspecified atom stereocenters. The first kappa shape index (κ1) is 35.9. The largest absolute Gasteiger partial charge is 0.347 e. The van der Waals surface area contributed by atoms with E-state index in [0.717, 1.165) is 24.0 Å². The van der Waals surface area contributed by atoms with Gasteiger partial charge in [0.15, 0.2) is 0 Å². The van der Waals surface area contributed by atoms with E-state index in [2.05, 4.69) is 26.7 Å². The van der Waals surface area contributed by atoms with Crippen LogP contribution in [0.25, 0.3) is 5.70 Å². The van der Waals surface area contributed by atoms with Crippen LogP contribution >= 0.6 is 11.6 Å². The maximum absolute atomic E-state index is 14.5. The lowest BCUT2D eigenvalue weighted by atomic mass is 9.85. The summed E-state index contributed by atoms with van der Waals surface area (Å²) in [5, 5.41) is 11.7. The van der Waals surface area contributed by atoms with Crippen LogP contribution in [0.3, 0.4) is 0 Å². The number of hydrogen-bond donors (Lipinski definition) is 5. The van der Waals surface area contributed by atoms with E-state index < -0.39 is 58.7 Å². The number of nitrogens with one attached hydrogen (secondary N) is 5. The number of urea groups is 1. The number of amides is 5. The molecule has 2 aromatic carbocycles. The third kappa shape index (κ3) is 8.98. The zero-order valence-electron chi connectivity index (χ0n) is 28.3. The fourth-order valence-electron chi connectivity index (χ4n) is 6.06. The zero-order chi connectivity index (χ0) is 35.3. The van der Waals surface area contributed by atoms with Crippen molar-refractivity contribution in [3.05, 3.63) is 76.8 Å². The van der Waals surface area contributed by atoms with Crippen molar-refractivity contribution >= 4 is 46.8 Å². The first-order valence-corrected chi connectivity index (χ1v) is 17.1. The van der Waals surface area contributed by atoms with E-state index in [-0.39, 0.29) is 32.0 Å². The van der Waals surface area contributed by atoms with Gasteiger partial charge >= 0.3 is 6.03 Å². The molecule has 1 aliphatic carbocycles. The topological polar surface area (TPSA) is 158 Å². The van der Waals surface area contributed by atoms with Gasteiger partial charge < -0.3 is 26.2 Å². The molecule has 5 rings (SSSR count). The van der Waals surface area contributed by atoms with Gasteiger partial charge in [0.2, 0.25) is 17.6 Å². The molecule has 4 atom stereocenters. The van der Waals surface area contributed by atoms with Gasteiger partial charge in [-0.2, -0.15) is 0 Å². The minimum absolute atomic E-state index is 0.0172. The van der Waals surface area contributed by atoms with Gasteiger partial charge in [0.25, 0.3) is 5.91 Å². The number of hydroxylamine groups is 1. The Balaban J connectivity index is 1.40. The molecule has 2 fully saturated rings. The molecular weight excluding hydrogens is 648 g/mol. The van der Waals surface area contributed by atoms with Crippen molar-refractivity contribution in [3.63, 3.8) is 0 Å². The predicted octanol–water partition coefficient (Wildman–Crippen LogP) is 3.60. The van der Waals surface area contributed by atoms with Crippen molar-refractivity contribution in [2.75, 3.05) is 6.54 Å². The van der Waals surface area contributed by atoms with Gasteiger partial charge in [-0.3, -0.25) is 29.5 Å².